The van der Waals surface area contributed by atoms with E-state index in [-0.39, 0.29) is 0 Å². The van der Waals surface area contributed by atoms with Crippen LogP contribution in [0.2, 0.25) is 0 Å². The van der Waals surface area contributed by atoms with Gasteiger partial charge in [-0.05, 0) is 19.1 Å². The summed E-state index contributed by atoms with van der Waals surface area (Å²) in [4.78, 5) is 9.14. The average Bonchev–Trinajstić information content (AvgIpc) is 2.94. The summed E-state index contributed by atoms with van der Waals surface area (Å²) in [7, 11) is 1.90. The van der Waals surface area contributed by atoms with Gasteiger partial charge in [-0.2, -0.15) is 11.8 Å². The maximum absolute atomic E-state index is 4.64. The molecule has 1 saturated carbocycles. The van der Waals surface area contributed by atoms with E-state index in [1.807, 2.05) is 24.9 Å². The van der Waals surface area contributed by atoms with Crippen LogP contribution in [0.5, 0.6) is 0 Å². The Balaban J connectivity index is 2.10. The molecule has 0 spiro atoms. The first-order chi connectivity index (χ1) is 9.58. The average molecular weight is 294 g/mol. The van der Waals surface area contributed by atoms with E-state index < -0.39 is 0 Å². The Morgan fingerprint density at radius 2 is 1.90 bits per heavy atom. The largest absolute Gasteiger partial charge is 0.373 e. The highest BCUT2D eigenvalue weighted by Gasteiger charge is 2.32. The molecular weight excluding hydrogens is 268 g/mol. The number of nitrogens with one attached hydrogen (secondary N) is 2. The van der Waals surface area contributed by atoms with Crippen LogP contribution in [-0.4, -0.2) is 34.6 Å². The Morgan fingerprint density at radius 3 is 2.45 bits per heavy atom. The predicted molar refractivity (Wildman–Crippen MR) is 88.9 cm³/mol. The van der Waals surface area contributed by atoms with Crippen molar-refractivity contribution in [1.29, 1.82) is 0 Å². The van der Waals surface area contributed by atoms with Crippen molar-refractivity contribution in [3.05, 3.63) is 11.9 Å². The quantitative estimate of drug-likeness (QED) is 0.837. The minimum atomic E-state index is 0.338. The van der Waals surface area contributed by atoms with Crippen LogP contribution < -0.4 is 10.6 Å². The molecule has 1 aliphatic rings. The second-order valence-electron chi connectivity index (χ2n) is 5.85. The lowest BCUT2D eigenvalue weighted by Gasteiger charge is -2.27. The third-order valence-electron chi connectivity index (χ3n) is 4.06. The summed E-state index contributed by atoms with van der Waals surface area (Å²) in [6, 6.07) is 1.99. The molecule has 0 saturated heterocycles. The summed E-state index contributed by atoms with van der Waals surface area (Å²) in [6.07, 6.45) is 7.55. The fourth-order valence-corrected chi connectivity index (χ4v) is 3.58. The number of aromatic nitrogens is 2. The molecule has 1 aromatic heterocycles. The highest BCUT2D eigenvalue weighted by Crippen LogP contribution is 2.40. The summed E-state index contributed by atoms with van der Waals surface area (Å²) in [5.74, 6) is 3.05. The van der Waals surface area contributed by atoms with E-state index in [9.17, 15) is 0 Å². The molecule has 0 radical (unpaired) electrons. The number of thioether (sulfide) groups is 1. The maximum Gasteiger partial charge on any atom is 0.135 e. The summed E-state index contributed by atoms with van der Waals surface area (Å²) in [5, 5.41) is 6.65. The molecule has 0 aliphatic heterocycles. The zero-order valence-corrected chi connectivity index (χ0v) is 13.8. The Morgan fingerprint density at radius 1 is 1.25 bits per heavy atom. The molecule has 1 aromatic rings. The molecule has 4 nitrogen and oxygen atoms in total. The molecule has 2 N–H and O–H groups in total. The molecule has 1 heterocycles. The van der Waals surface area contributed by atoms with Crippen molar-refractivity contribution in [2.24, 2.45) is 0 Å². The lowest BCUT2D eigenvalue weighted by Crippen LogP contribution is -2.30. The molecule has 1 aliphatic carbocycles. The minimum Gasteiger partial charge on any atom is -0.373 e. The van der Waals surface area contributed by atoms with Gasteiger partial charge in [0.25, 0.3) is 0 Å². The molecule has 0 bridgehead atoms. The van der Waals surface area contributed by atoms with Crippen LogP contribution >= 0.6 is 11.8 Å². The second-order valence-corrected chi connectivity index (χ2v) is 7.12. The molecule has 1 fully saturated rings. The molecule has 5 heteroatoms. The molecule has 0 amide bonds. The first-order valence-electron chi connectivity index (χ1n) is 7.44. The predicted octanol–water partition coefficient (Wildman–Crippen LogP) is 3.73. The van der Waals surface area contributed by atoms with E-state index in [4.69, 9.17) is 0 Å². The van der Waals surface area contributed by atoms with Crippen molar-refractivity contribution >= 4 is 23.4 Å². The standard InChI is InChI=1S/C15H26N4S/c1-11(2)14-18-12(16-3)9-13(19-14)17-10-15(20-4)7-5-6-8-15/h9,11H,5-8,10H2,1-4H3,(H2,16,17,18,19). The third-order valence-corrected chi connectivity index (χ3v) is 5.47. The van der Waals surface area contributed by atoms with Gasteiger partial charge in [0.05, 0.1) is 0 Å². The molecule has 112 valence electrons. The Labute approximate surface area is 126 Å². The van der Waals surface area contributed by atoms with Crippen LogP contribution in [0.1, 0.15) is 51.3 Å². The zero-order valence-electron chi connectivity index (χ0n) is 13.0. The van der Waals surface area contributed by atoms with Gasteiger partial charge in [0, 0.05) is 30.3 Å². The fourth-order valence-electron chi connectivity index (χ4n) is 2.67. The van der Waals surface area contributed by atoms with Crippen LogP contribution in [0.25, 0.3) is 0 Å². The lowest BCUT2D eigenvalue weighted by atomic mass is 10.1. The highest BCUT2D eigenvalue weighted by molar-refractivity contribution is 8.00. The smallest absolute Gasteiger partial charge is 0.135 e. The van der Waals surface area contributed by atoms with Gasteiger partial charge in [-0.25, -0.2) is 9.97 Å². The van der Waals surface area contributed by atoms with Crippen LogP contribution in [-0.2, 0) is 0 Å². The van der Waals surface area contributed by atoms with Gasteiger partial charge in [0.2, 0.25) is 0 Å². The summed E-state index contributed by atoms with van der Waals surface area (Å²) >= 11 is 2.00. The van der Waals surface area contributed by atoms with Crippen LogP contribution in [0.4, 0.5) is 11.6 Å². The van der Waals surface area contributed by atoms with E-state index in [1.165, 1.54) is 25.7 Å². The second kappa shape index (κ2) is 6.66. The van der Waals surface area contributed by atoms with Gasteiger partial charge in [0.1, 0.15) is 17.5 Å². The minimum absolute atomic E-state index is 0.338. The Bertz CT molecular complexity index is 441. The van der Waals surface area contributed by atoms with Crippen molar-refractivity contribution in [1.82, 2.24) is 9.97 Å². The van der Waals surface area contributed by atoms with Gasteiger partial charge in [-0.3, -0.25) is 0 Å². The lowest BCUT2D eigenvalue weighted by molar-refractivity contribution is 0.637. The number of hydrogen-bond acceptors (Lipinski definition) is 5. The van der Waals surface area contributed by atoms with E-state index in [2.05, 4.69) is 40.7 Å². The van der Waals surface area contributed by atoms with Crippen molar-refractivity contribution < 1.29 is 0 Å². The van der Waals surface area contributed by atoms with Gasteiger partial charge in [-0.15, -0.1) is 0 Å². The summed E-state index contributed by atoms with van der Waals surface area (Å²) in [5.41, 5.74) is 0. The van der Waals surface area contributed by atoms with Gasteiger partial charge >= 0.3 is 0 Å². The van der Waals surface area contributed by atoms with E-state index in [0.29, 0.717) is 10.7 Å². The molecule has 0 atom stereocenters. The number of anilines is 2. The zero-order chi connectivity index (χ0) is 14.6. The SMILES string of the molecule is CNc1cc(NCC2(SC)CCCC2)nc(C(C)C)n1. The maximum atomic E-state index is 4.64. The number of rotatable bonds is 6. The van der Waals surface area contributed by atoms with Gasteiger partial charge < -0.3 is 10.6 Å². The van der Waals surface area contributed by atoms with Crippen molar-refractivity contribution in [3.63, 3.8) is 0 Å². The first-order valence-corrected chi connectivity index (χ1v) is 8.67. The van der Waals surface area contributed by atoms with Crippen LogP contribution in [0.15, 0.2) is 6.07 Å². The third kappa shape index (κ3) is 3.57. The van der Waals surface area contributed by atoms with Crippen LogP contribution in [0.3, 0.4) is 0 Å². The molecule has 0 aromatic carbocycles. The van der Waals surface area contributed by atoms with E-state index >= 15 is 0 Å². The monoisotopic (exact) mass is 294 g/mol. The number of hydrogen-bond donors (Lipinski definition) is 2. The normalized spacial score (nSPS) is 17.4. The Kier molecular flexibility index (Phi) is 5.13. The molecular formula is C15H26N4S. The first kappa shape index (κ1) is 15.4. The van der Waals surface area contributed by atoms with Gasteiger partial charge in [0.15, 0.2) is 0 Å². The summed E-state index contributed by atoms with van der Waals surface area (Å²) in [6.45, 7) is 5.24. The molecule has 20 heavy (non-hydrogen) atoms. The molecule has 0 unspecified atom stereocenters. The van der Waals surface area contributed by atoms with Crippen molar-refractivity contribution in [2.45, 2.75) is 50.2 Å². The van der Waals surface area contributed by atoms with Crippen molar-refractivity contribution in [3.8, 4) is 0 Å². The summed E-state index contributed by atoms with van der Waals surface area (Å²) < 4.78 is 0.392. The van der Waals surface area contributed by atoms with E-state index in [0.717, 1.165) is 24.0 Å². The van der Waals surface area contributed by atoms with E-state index in [1.54, 1.807) is 0 Å². The topological polar surface area (TPSA) is 49.8 Å². The highest BCUT2D eigenvalue weighted by atomic mass is 32.2. The van der Waals surface area contributed by atoms with Crippen molar-refractivity contribution in [2.75, 3.05) is 30.5 Å². The number of nitrogens with zero attached hydrogens (tertiary/aromatic N) is 2. The van der Waals surface area contributed by atoms with Crippen LogP contribution in [0, 0.1) is 0 Å². The van der Waals surface area contributed by atoms with Gasteiger partial charge in [-0.1, -0.05) is 26.7 Å². The molecule has 2 rings (SSSR count). The fraction of sp³-hybridized carbons (Fsp3) is 0.733. The Hall–Kier alpha value is -0.970.